The molecule has 0 N–H and O–H groups in total. The van der Waals surface area contributed by atoms with Gasteiger partial charge in [0, 0.05) is 31.5 Å². The molecule has 1 amide bonds. The second-order valence-corrected chi connectivity index (χ2v) is 5.99. The van der Waals surface area contributed by atoms with Gasteiger partial charge >= 0.3 is 0 Å². The highest BCUT2D eigenvalue weighted by molar-refractivity contribution is 5.76. The van der Waals surface area contributed by atoms with Crippen LogP contribution in [0.3, 0.4) is 0 Å². The van der Waals surface area contributed by atoms with E-state index in [1.165, 1.54) is 0 Å². The Hall–Kier alpha value is -2.41. The van der Waals surface area contributed by atoms with E-state index in [9.17, 15) is 4.79 Å². The first-order valence-electron chi connectivity index (χ1n) is 8.61. The van der Waals surface area contributed by atoms with Crippen LogP contribution in [0.25, 0.3) is 11.4 Å². The number of ether oxygens (including phenoxy) is 2. The summed E-state index contributed by atoms with van der Waals surface area (Å²) >= 11 is 0. The van der Waals surface area contributed by atoms with E-state index in [-0.39, 0.29) is 12.0 Å². The zero-order valence-electron chi connectivity index (χ0n) is 14.6. The average molecular weight is 345 g/mol. The normalized spacial score (nSPS) is 17.5. The van der Waals surface area contributed by atoms with E-state index >= 15 is 0 Å². The minimum atomic E-state index is 0.0902. The van der Waals surface area contributed by atoms with Crippen molar-refractivity contribution in [2.24, 2.45) is 0 Å². The fraction of sp³-hybridized carbons (Fsp3) is 0.500. The summed E-state index contributed by atoms with van der Waals surface area (Å²) in [6, 6.07) is 7.52. The lowest BCUT2D eigenvalue weighted by atomic mass is 10.2. The summed E-state index contributed by atoms with van der Waals surface area (Å²) in [4.78, 5) is 18.5. The molecule has 1 aromatic heterocycles. The summed E-state index contributed by atoms with van der Waals surface area (Å²) in [7, 11) is 0. The third-order valence-corrected chi connectivity index (χ3v) is 4.04. The molecule has 1 aromatic carbocycles. The number of rotatable bonds is 6. The second-order valence-electron chi connectivity index (χ2n) is 5.99. The summed E-state index contributed by atoms with van der Waals surface area (Å²) in [5.74, 6) is 1.89. The average Bonchev–Trinajstić information content (AvgIpc) is 3.09. The lowest BCUT2D eigenvalue weighted by Crippen LogP contribution is -2.44. The summed E-state index contributed by atoms with van der Waals surface area (Å²) in [5.41, 5.74) is 0.854. The minimum Gasteiger partial charge on any atom is -0.494 e. The number of carbonyl (C=O) groups excluding carboxylic acids is 1. The van der Waals surface area contributed by atoms with Crippen molar-refractivity contribution >= 4 is 5.91 Å². The number of aromatic nitrogens is 2. The van der Waals surface area contributed by atoms with Gasteiger partial charge < -0.3 is 18.9 Å². The van der Waals surface area contributed by atoms with Gasteiger partial charge in [-0.15, -0.1) is 0 Å². The standard InChI is InChI=1S/C18H23N3O4/c1-3-23-15-6-4-14(5-7-15)18-19-16(25-20-18)8-9-17(22)21-10-11-24-13(2)12-21/h4-7,13H,3,8-12H2,1-2H3. The molecule has 7 nitrogen and oxygen atoms in total. The van der Waals surface area contributed by atoms with Crippen molar-refractivity contribution in [3.63, 3.8) is 0 Å². The Kier molecular flexibility index (Phi) is 5.65. The third-order valence-electron chi connectivity index (χ3n) is 4.04. The molecule has 3 rings (SSSR count). The van der Waals surface area contributed by atoms with Crippen LogP contribution in [-0.2, 0) is 16.0 Å². The SMILES string of the molecule is CCOc1ccc(-c2noc(CCC(=O)N3CCOC(C)C3)n2)cc1. The highest BCUT2D eigenvalue weighted by atomic mass is 16.5. The maximum absolute atomic E-state index is 12.3. The van der Waals surface area contributed by atoms with E-state index in [2.05, 4.69) is 10.1 Å². The lowest BCUT2D eigenvalue weighted by Gasteiger charge is -2.31. The van der Waals surface area contributed by atoms with E-state index in [0.717, 1.165) is 11.3 Å². The van der Waals surface area contributed by atoms with Crippen LogP contribution < -0.4 is 4.74 Å². The van der Waals surface area contributed by atoms with E-state index in [4.69, 9.17) is 14.0 Å². The highest BCUT2D eigenvalue weighted by Crippen LogP contribution is 2.20. The van der Waals surface area contributed by atoms with Crippen molar-refractivity contribution in [3.05, 3.63) is 30.2 Å². The van der Waals surface area contributed by atoms with Crippen LogP contribution in [0, 0.1) is 0 Å². The maximum atomic E-state index is 12.3. The van der Waals surface area contributed by atoms with E-state index in [1.807, 2.05) is 43.0 Å². The quantitative estimate of drug-likeness (QED) is 0.799. The molecule has 134 valence electrons. The van der Waals surface area contributed by atoms with Crippen LogP contribution in [0.4, 0.5) is 0 Å². The molecule has 0 bridgehead atoms. The molecule has 25 heavy (non-hydrogen) atoms. The van der Waals surface area contributed by atoms with Crippen LogP contribution in [-0.4, -0.2) is 53.4 Å². The molecule has 1 aliphatic rings. The summed E-state index contributed by atoms with van der Waals surface area (Å²) in [5, 5.41) is 3.99. The molecule has 0 spiro atoms. The molecular weight excluding hydrogens is 322 g/mol. The zero-order chi connectivity index (χ0) is 17.6. The van der Waals surface area contributed by atoms with E-state index in [1.54, 1.807) is 0 Å². The summed E-state index contributed by atoms with van der Waals surface area (Å²) in [6.45, 7) is 6.42. The molecule has 1 aliphatic heterocycles. The first kappa shape index (κ1) is 17.4. The molecule has 0 radical (unpaired) electrons. The largest absolute Gasteiger partial charge is 0.494 e. The number of nitrogens with zero attached hydrogens (tertiary/aromatic N) is 3. The van der Waals surface area contributed by atoms with Crippen molar-refractivity contribution in [1.82, 2.24) is 15.0 Å². The van der Waals surface area contributed by atoms with Crippen molar-refractivity contribution in [2.45, 2.75) is 32.8 Å². The van der Waals surface area contributed by atoms with Gasteiger partial charge in [-0.1, -0.05) is 5.16 Å². The van der Waals surface area contributed by atoms with Crippen molar-refractivity contribution in [1.29, 1.82) is 0 Å². The Morgan fingerprint density at radius 1 is 1.36 bits per heavy atom. The Bertz CT molecular complexity index is 699. The molecule has 2 heterocycles. The van der Waals surface area contributed by atoms with E-state index in [0.29, 0.717) is 50.9 Å². The van der Waals surface area contributed by atoms with Crippen molar-refractivity contribution < 1.29 is 18.8 Å². The van der Waals surface area contributed by atoms with Gasteiger partial charge in [0.1, 0.15) is 5.75 Å². The Morgan fingerprint density at radius 3 is 2.88 bits per heavy atom. The van der Waals surface area contributed by atoms with Gasteiger partial charge in [-0.25, -0.2) is 0 Å². The number of amides is 1. The molecule has 2 aromatic rings. The summed E-state index contributed by atoms with van der Waals surface area (Å²) < 4.78 is 16.1. The number of benzene rings is 1. The molecule has 0 aliphatic carbocycles. The number of carbonyl (C=O) groups is 1. The molecule has 7 heteroatoms. The van der Waals surface area contributed by atoms with Gasteiger partial charge in [0.05, 0.1) is 19.3 Å². The molecule has 1 fully saturated rings. The fourth-order valence-electron chi connectivity index (χ4n) is 2.76. The van der Waals surface area contributed by atoms with Crippen LogP contribution in [0.1, 0.15) is 26.2 Å². The smallest absolute Gasteiger partial charge is 0.227 e. The van der Waals surface area contributed by atoms with Crippen LogP contribution in [0.5, 0.6) is 5.75 Å². The predicted molar refractivity (Wildman–Crippen MR) is 91.2 cm³/mol. The van der Waals surface area contributed by atoms with Crippen molar-refractivity contribution in [2.75, 3.05) is 26.3 Å². The van der Waals surface area contributed by atoms with Crippen molar-refractivity contribution in [3.8, 4) is 17.1 Å². The first-order valence-corrected chi connectivity index (χ1v) is 8.61. The van der Waals surface area contributed by atoms with Gasteiger partial charge in [0.2, 0.25) is 17.6 Å². The highest BCUT2D eigenvalue weighted by Gasteiger charge is 2.21. The Morgan fingerprint density at radius 2 is 2.16 bits per heavy atom. The molecule has 1 atom stereocenters. The fourth-order valence-corrected chi connectivity index (χ4v) is 2.76. The predicted octanol–water partition coefficient (Wildman–Crippen LogP) is 2.32. The van der Waals surface area contributed by atoms with Gasteiger partial charge in [0.25, 0.3) is 0 Å². The Balaban J connectivity index is 1.55. The third kappa shape index (κ3) is 4.57. The van der Waals surface area contributed by atoms with Gasteiger partial charge in [-0.2, -0.15) is 4.98 Å². The van der Waals surface area contributed by atoms with E-state index < -0.39 is 0 Å². The molecule has 1 saturated heterocycles. The topological polar surface area (TPSA) is 77.7 Å². The zero-order valence-corrected chi connectivity index (χ0v) is 14.6. The van der Waals surface area contributed by atoms with Gasteiger partial charge in [-0.05, 0) is 38.1 Å². The summed E-state index contributed by atoms with van der Waals surface area (Å²) in [6.07, 6.45) is 0.888. The van der Waals surface area contributed by atoms with Crippen LogP contribution >= 0.6 is 0 Å². The minimum absolute atomic E-state index is 0.0902. The van der Waals surface area contributed by atoms with Crippen LogP contribution in [0.15, 0.2) is 28.8 Å². The second kappa shape index (κ2) is 8.11. The number of aryl methyl sites for hydroxylation is 1. The Labute approximate surface area is 146 Å². The molecule has 0 saturated carbocycles. The maximum Gasteiger partial charge on any atom is 0.227 e. The van der Waals surface area contributed by atoms with Gasteiger partial charge in [0.15, 0.2) is 0 Å². The monoisotopic (exact) mass is 345 g/mol. The first-order chi connectivity index (χ1) is 12.2. The number of hydrogen-bond acceptors (Lipinski definition) is 6. The lowest BCUT2D eigenvalue weighted by molar-refractivity contribution is -0.138. The van der Waals surface area contributed by atoms with Gasteiger partial charge in [-0.3, -0.25) is 4.79 Å². The van der Waals surface area contributed by atoms with Crippen LogP contribution in [0.2, 0.25) is 0 Å². The molecule has 1 unspecified atom stereocenters. The molecular formula is C18H23N3O4. The number of morpholine rings is 1. The number of hydrogen-bond donors (Lipinski definition) is 0.